The highest BCUT2D eigenvalue weighted by Gasteiger charge is 2.33. The summed E-state index contributed by atoms with van der Waals surface area (Å²) in [5, 5.41) is 8.80. The fourth-order valence-electron chi connectivity index (χ4n) is 1.81. The second-order valence-electron chi connectivity index (χ2n) is 4.28. The van der Waals surface area contributed by atoms with Gasteiger partial charge in [-0.15, -0.1) is 0 Å². The molecule has 0 fully saturated rings. The standard InChI is InChI=1S/C14H9F4NO2/c15-10-4-1-8(2-5-10)13-9(7-12(20)21)3-6-11(19-13)14(16,17)18/h1-6H,7H2,(H,20,21). The van der Waals surface area contributed by atoms with Crippen molar-refractivity contribution < 1.29 is 27.5 Å². The van der Waals surface area contributed by atoms with Gasteiger partial charge in [-0.25, -0.2) is 9.37 Å². The van der Waals surface area contributed by atoms with E-state index in [9.17, 15) is 22.4 Å². The number of benzene rings is 1. The number of nitrogens with zero attached hydrogens (tertiary/aromatic N) is 1. The van der Waals surface area contributed by atoms with Crippen LogP contribution in [0.25, 0.3) is 11.3 Å². The zero-order chi connectivity index (χ0) is 15.6. The molecular weight excluding hydrogens is 290 g/mol. The fraction of sp³-hybridized carbons (Fsp3) is 0.143. The van der Waals surface area contributed by atoms with Gasteiger partial charge < -0.3 is 5.11 Å². The number of carboxylic acids is 1. The van der Waals surface area contributed by atoms with Crippen molar-refractivity contribution in [2.75, 3.05) is 0 Å². The molecule has 0 atom stereocenters. The van der Waals surface area contributed by atoms with Crippen LogP contribution in [-0.2, 0) is 17.4 Å². The van der Waals surface area contributed by atoms with Crippen LogP contribution in [0.5, 0.6) is 0 Å². The van der Waals surface area contributed by atoms with E-state index < -0.39 is 30.1 Å². The molecule has 110 valence electrons. The SMILES string of the molecule is O=C(O)Cc1ccc(C(F)(F)F)nc1-c1ccc(F)cc1. The Balaban J connectivity index is 2.57. The molecule has 1 N–H and O–H groups in total. The predicted octanol–water partition coefficient (Wildman–Crippen LogP) is 3.53. The van der Waals surface area contributed by atoms with Crippen LogP contribution < -0.4 is 0 Å². The molecule has 21 heavy (non-hydrogen) atoms. The summed E-state index contributed by atoms with van der Waals surface area (Å²) in [5.41, 5.74) is -0.899. The maximum atomic E-state index is 12.9. The van der Waals surface area contributed by atoms with E-state index in [4.69, 9.17) is 5.11 Å². The summed E-state index contributed by atoms with van der Waals surface area (Å²) in [6.45, 7) is 0. The average molecular weight is 299 g/mol. The third kappa shape index (κ3) is 3.56. The number of carboxylic acid groups (broad SMARTS) is 1. The molecule has 0 aliphatic carbocycles. The number of halogens is 4. The second kappa shape index (κ2) is 5.51. The van der Waals surface area contributed by atoms with Crippen LogP contribution in [0.1, 0.15) is 11.3 Å². The summed E-state index contributed by atoms with van der Waals surface area (Å²) in [4.78, 5) is 14.3. The summed E-state index contributed by atoms with van der Waals surface area (Å²) in [7, 11) is 0. The van der Waals surface area contributed by atoms with Gasteiger partial charge in [0.1, 0.15) is 11.5 Å². The summed E-state index contributed by atoms with van der Waals surface area (Å²) >= 11 is 0. The number of rotatable bonds is 3. The topological polar surface area (TPSA) is 50.2 Å². The number of aliphatic carboxylic acids is 1. The zero-order valence-corrected chi connectivity index (χ0v) is 10.5. The smallest absolute Gasteiger partial charge is 0.433 e. The molecule has 0 aliphatic heterocycles. The van der Waals surface area contributed by atoms with Gasteiger partial charge in [-0.3, -0.25) is 4.79 Å². The Kier molecular flexibility index (Phi) is 3.93. The Labute approximate surface area is 116 Å². The molecule has 0 amide bonds. The summed E-state index contributed by atoms with van der Waals surface area (Å²) in [6.07, 6.45) is -5.12. The van der Waals surface area contributed by atoms with E-state index >= 15 is 0 Å². The lowest BCUT2D eigenvalue weighted by atomic mass is 10.0. The molecule has 0 bridgehead atoms. The van der Waals surface area contributed by atoms with Crippen LogP contribution in [0.2, 0.25) is 0 Å². The number of hydrogen-bond donors (Lipinski definition) is 1. The maximum Gasteiger partial charge on any atom is 0.433 e. The van der Waals surface area contributed by atoms with Crippen molar-refractivity contribution in [1.29, 1.82) is 0 Å². The van der Waals surface area contributed by atoms with Crippen LogP contribution in [0.4, 0.5) is 17.6 Å². The highest BCUT2D eigenvalue weighted by atomic mass is 19.4. The van der Waals surface area contributed by atoms with Crippen LogP contribution >= 0.6 is 0 Å². The maximum absolute atomic E-state index is 12.9. The van der Waals surface area contributed by atoms with Crippen molar-refractivity contribution >= 4 is 5.97 Å². The van der Waals surface area contributed by atoms with Gasteiger partial charge in [0.2, 0.25) is 0 Å². The lowest BCUT2D eigenvalue weighted by Gasteiger charge is -2.12. The Morgan fingerprint density at radius 2 is 1.71 bits per heavy atom. The molecule has 0 spiro atoms. The molecule has 3 nitrogen and oxygen atoms in total. The Bertz CT molecular complexity index is 666. The van der Waals surface area contributed by atoms with E-state index in [1.54, 1.807) is 0 Å². The van der Waals surface area contributed by atoms with Crippen molar-refractivity contribution in [1.82, 2.24) is 4.98 Å². The van der Waals surface area contributed by atoms with Crippen molar-refractivity contribution in [3.8, 4) is 11.3 Å². The van der Waals surface area contributed by atoms with Gasteiger partial charge in [0.15, 0.2) is 0 Å². The highest BCUT2D eigenvalue weighted by molar-refractivity contribution is 5.75. The van der Waals surface area contributed by atoms with Gasteiger partial charge in [-0.05, 0) is 35.9 Å². The third-order valence-electron chi connectivity index (χ3n) is 2.73. The van der Waals surface area contributed by atoms with Crippen LogP contribution in [0.3, 0.4) is 0 Å². The molecule has 2 aromatic rings. The number of hydrogen-bond acceptors (Lipinski definition) is 2. The first-order valence-corrected chi connectivity index (χ1v) is 5.82. The molecule has 2 rings (SSSR count). The molecular formula is C14H9F4NO2. The fourth-order valence-corrected chi connectivity index (χ4v) is 1.81. The average Bonchev–Trinajstić information content (AvgIpc) is 2.38. The molecule has 0 radical (unpaired) electrons. The molecule has 7 heteroatoms. The van der Waals surface area contributed by atoms with Gasteiger partial charge in [-0.2, -0.15) is 13.2 Å². The van der Waals surface area contributed by atoms with E-state index in [2.05, 4.69) is 4.98 Å². The van der Waals surface area contributed by atoms with Crippen LogP contribution in [-0.4, -0.2) is 16.1 Å². The zero-order valence-electron chi connectivity index (χ0n) is 10.5. The first-order chi connectivity index (χ1) is 9.77. The van der Waals surface area contributed by atoms with Gasteiger partial charge in [-0.1, -0.05) is 6.07 Å². The molecule has 1 aromatic carbocycles. The second-order valence-corrected chi connectivity index (χ2v) is 4.28. The number of alkyl halides is 3. The quantitative estimate of drug-likeness (QED) is 0.882. The van der Waals surface area contributed by atoms with Gasteiger partial charge in [0, 0.05) is 5.56 Å². The molecule has 1 heterocycles. The third-order valence-corrected chi connectivity index (χ3v) is 2.73. The monoisotopic (exact) mass is 299 g/mol. The first kappa shape index (κ1) is 15.0. The first-order valence-electron chi connectivity index (χ1n) is 5.82. The minimum atomic E-state index is -4.64. The minimum absolute atomic E-state index is 0.118. The van der Waals surface area contributed by atoms with Gasteiger partial charge >= 0.3 is 12.1 Å². The largest absolute Gasteiger partial charge is 0.481 e. The Morgan fingerprint density at radius 3 is 2.24 bits per heavy atom. The van der Waals surface area contributed by atoms with E-state index in [0.717, 1.165) is 24.3 Å². The summed E-state index contributed by atoms with van der Waals surface area (Å²) in [5.74, 6) is -1.74. The molecule has 0 aliphatic rings. The van der Waals surface area contributed by atoms with Crippen LogP contribution in [0.15, 0.2) is 36.4 Å². The highest BCUT2D eigenvalue weighted by Crippen LogP contribution is 2.31. The lowest BCUT2D eigenvalue weighted by Crippen LogP contribution is -2.11. The summed E-state index contributed by atoms with van der Waals surface area (Å²) in [6, 6.07) is 6.45. The van der Waals surface area contributed by atoms with Crippen molar-refractivity contribution in [3.05, 3.63) is 53.5 Å². The minimum Gasteiger partial charge on any atom is -0.481 e. The number of pyridine rings is 1. The van der Waals surface area contributed by atoms with E-state index in [1.807, 2.05) is 0 Å². The van der Waals surface area contributed by atoms with Crippen molar-refractivity contribution in [2.45, 2.75) is 12.6 Å². The van der Waals surface area contributed by atoms with Gasteiger partial charge in [0.05, 0.1) is 12.1 Å². The normalized spacial score (nSPS) is 11.4. The number of carbonyl (C=O) groups is 1. The van der Waals surface area contributed by atoms with E-state index in [1.165, 1.54) is 12.1 Å². The molecule has 0 unspecified atom stereocenters. The molecule has 1 aromatic heterocycles. The molecule has 0 saturated carbocycles. The predicted molar refractivity (Wildman–Crippen MR) is 66.0 cm³/mol. The van der Waals surface area contributed by atoms with E-state index in [-0.39, 0.29) is 16.8 Å². The molecule has 0 saturated heterocycles. The summed E-state index contributed by atoms with van der Waals surface area (Å²) < 4.78 is 51.0. The van der Waals surface area contributed by atoms with Crippen molar-refractivity contribution in [3.63, 3.8) is 0 Å². The van der Waals surface area contributed by atoms with E-state index in [0.29, 0.717) is 0 Å². The van der Waals surface area contributed by atoms with Crippen LogP contribution in [0, 0.1) is 5.82 Å². The van der Waals surface area contributed by atoms with Crippen molar-refractivity contribution in [2.24, 2.45) is 0 Å². The van der Waals surface area contributed by atoms with Gasteiger partial charge in [0.25, 0.3) is 0 Å². The Hall–Kier alpha value is -2.44. The lowest BCUT2D eigenvalue weighted by molar-refractivity contribution is -0.141. The number of aromatic nitrogens is 1. The Morgan fingerprint density at radius 1 is 1.10 bits per heavy atom.